The predicted molar refractivity (Wildman–Crippen MR) is 77.5 cm³/mol. The van der Waals surface area contributed by atoms with Gasteiger partial charge in [-0.15, -0.1) is 0 Å². The largest absolute Gasteiger partial charge is 0.378 e. The molecular weight excluding hydrogens is 252 g/mol. The molecule has 1 aliphatic rings. The maximum absolute atomic E-state index is 12.3. The van der Waals surface area contributed by atoms with Crippen LogP contribution in [0, 0.1) is 18.9 Å². The van der Waals surface area contributed by atoms with Crippen LogP contribution in [0.4, 0.5) is 0 Å². The van der Waals surface area contributed by atoms with Crippen molar-refractivity contribution < 1.29 is 9.53 Å². The quantitative estimate of drug-likeness (QED) is 0.635. The van der Waals surface area contributed by atoms with E-state index >= 15 is 0 Å². The van der Waals surface area contributed by atoms with E-state index in [9.17, 15) is 4.79 Å². The lowest BCUT2D eigenvalue weighted by Gasteiger charge is -2.22. The zero-order chi connectivity index (χ0) is 13.9. The van der Waals surface area contributed by atoms with Crippen LogP contribution in [0.2, 0.25) is 0 Å². The first-order chi connectivity index (χ1) is 9.75. The van der Waals surface area contributed by atoms with Crippen molar-refractivity contribution in [2.45, 2.75) is 6.92 Å². The highest BCUT2D eigenvalue weighted by Crippen LogP contribution is 2.21. The first-order valence-corrected chi connectivity index (χ1v) is 6.71. The zero-order valence-electron chi connectivity index (χ0n) is 11.4. The third-order valence-corrected chi connectivity index (χ3v) is 3.46. The summed E-state index contributed by atoms with van der Waals surface area (Å²) < 4.78 is 5.26. The number of aromatic amines is 1. The van der Waals surface area contributed by atoms with E-state index in [1.165, 1.54) is 0 Å². The fourth-order valence-electron chi connectivity index (χ4n) is 2.44. The number of ether oxygens (including phenoxy) is 1. The molecule has 0 atom stereocenters. The molecule has 1 N–H and O–H groups in total. The molecule has 4 heteroatoms. The number of carbonyl (C=O) groups excluding carboxylic acids is 1. The van der Waals surface area contributed by atoms with Gasteiger partial charge in [-0.1, -0.05) is 18.2 Å². The number of H-pyrrole nitrogens is 1. The Labute approximate surface area is 117 Å². The number of para-hydroxylation sites is 1. The SMILES string of the molecule is Cc1[nH]c2ccccc2c1C(=O)C#CN1CCOCC1. The van der Waals surface area contributed by atoms with Crippen molar-refractivity contribution in [2.75, 3.05) is 26.3 Å². The highest BCUT2D eigenvalue weighted by atomic mass is 16.5. The molecule has 0 bridgehead atoms. The predicted octanol–water partition coefficient (Wildman–Crippen LogP) is 1.95. The molecule has 0 aliphatic carbocycles. The summed E-state index contributed by atoms with van der Waals surface area (Å²) in [5.41, 5.74) is 2.52. The van der Waals surface area contributed by atoms with Crippen molar-refractivity contribution in [1.29, 1.82) is 0 Å². The maximum atomic E-state index is 12.3. The summed E-state index contributed by atoms with van der Waals surface area (Å²) >= 11 is 0. The molecule has 102 valence electrons. The van der Waals surface area contributed by atoms with E-state index in [0.717, 1.165) is 29.7 Å². The summed E-state index contributed by atoms with van der Waals surface area (Å²) in [6.45, 7) is 4.77. The number of benzene rings is 1. The fraction of sp³-hybridized carbons (Fsp3) is 0.312. The Morgan fingerprint density at radius 1 is 1.30 bits per heavy atom. The average Bonchev–Trinajstić information content (AvgIpc) is 2.82. The van der Waals surface area contributed by atoms with Crippen LogP contribution in [0.15, 0.2) is 24.3 Å². The second kappa shape index (κ2) is 5.40. The van der Waals surface area contributed by atoms with Gasteiger partial charge in [-0.05, 0) is 13.0 Å². The highest BCUT2D eigenvalue weighted by molar-refractivity contribution is 6.17. The van der Waals surface area contributed by atoms with Gasteiger partial charge in [0.1, 0.15) is 0 Å². The smallest absolute Gasteiger partial charge is 0.240 e. The van der Waals surface area contributed by atoms with Crippen molar-refractivity contribution >= 4 is 16.7 Å². The summed E-state index contributed by atoms with van der Waals surface area (Å²) in [6.07, 6.45) is 0. The molecule has 20 heavy (non-hydrogen) atoms. The molecule has 0 spiro atoms. The van der Waals surface area contributed by atoms with E-state index in [1.807, 2.05) is 36.1 Å². The Morgan fingerprint density at radius 2 is 2.05 bits per heavy atom. The second-order valence-corrected chi connectivity index (χ2v) is 4.84. The van der Waals surface area contributed by atoms with Crippen molar-refractivity contribution in [2.24, 2.45) is 0 Å². The van der Waals surface area contributed by atoms with Crippen molar-refractivity contribution in [3.63, 3.8) is 0 Å². The molecular formula is C16H16N2O2. The van der Waals surface area contributed by atoms with Crippen LogP contribution in [-0.4, -0.2) is 42.0 Å². The lowest BCUT2D eigenvalue weighted by molar-refractivity contribution is 0.0637. The molecule has 1 aromatic heterocycles. The van der Waals surface area contributed by atoms with Crippen LogP contribution < -0.4 is 0 Å². The first kappa shape index (κ1) is 12.8. The lowest BCUT2D eigenvalue weighted by Crippen LogP contribution is -2.32. The van der Waals surface area contributed by atoms with Gasteiger partial charge in [0.05, 0.1) is 18.8 Å². The van der Waals surface area contributed by atoms with Crippen LogP contribution >= 0.6 is 0 Å². The van der Waals surface area contributed by atoms with Gasteiger partial charge in [0, 0.05) is 41.7 Å². The number of carbonyl (C=O) groups is 1. The van der Waals surface area contributed by atoms with Crippen LogP contribution in [0.1, 0.15) is 16.1 Å². The summed E-state index contributed by atoms with van der Waals surface area (Å²) in [7, 11) is 0. The van der Waals surface area contributed by atoms with E-state index in [4.69, 9.17) is 4.74 Å². The van der Waals surface area contributed by atoms with E-state index in [1.54, 1.807) is 0 Å². The zero-order valence-corrected chi connectivity index (χ0v) is 11.4. The molecule has 3 rings (SSSR count). The minimum absolute atomic E-state index is 0.133. The number of nitrogens with one attached hydrogen (secondary N) is 1. The standard InChI is InChI=1S/C16H16N2O2/c1-12-16(13-4-2-3-5-14(13)17-12)15(19)6-7-18-8-10-20-11-9-18/h2-5,17H,8-11H2,1H3. The summed E-state index contributed by atoms with van der Waals surface area (Å²) in [6, 6.07) is 10.7. The summed E-state index contributed by atoms with van der Waals surface area (Å²) in [5.74, 6) is 2.62. The molecule has 0 radical (unpaired) electrons. The molecule has 1 aliphatic heterocycles. The van der Waals surface area contributed by atoms with Crippen LogP contribution in [0.25, 0.3) is 10.9 Å². The minimum Gasteiger partial charge on any atom is -0.378 e. The van der Waals surface area contributed by atoms with Gasteiger partial charge in [0.25, 0.3) is 0 Å². The van der Waals surface area contributed by atoms with Gasteiger partial charge in [-0.25, -0.2) is 0 Å². The number of rotatable bonds is 1. The molecule has 2 heterocycles. The van der Waals surface area contributed by atoms with Crippen molar-refractivity contribution in [3.05, 3.63) is 35.5 Å². The van der Waals surface area contributed by atoms with Crippen LogP contribution in [-0.2, 0) is 4.74 Å². The average molecular weight is 268 g/mol. The number of aromatic nitrogens is 1. The van der Waals surface area contributed by atoms with Gasteiger partial charge in [0.2, 0.25) is 5.78 Å². The molecule has 1 aromatic carbocycles. The first-order valence-electron chi connectivity index (χ1n) is 6.71. The van der Waals surface area contributed by atoms with E-state index in [0.29, 0.717) is 18.8 Å². The third kappa shape index (κ3) is 2.40. The summed E-state index contributed by atoms with van der Waals surface area (Å²) in [4.78, 5) is 17.5. The molecule has 0 saturated carbocycles. The monoisotopic (exact) mass is 268 g/mol. The molecule has 4 nitrogen and oxygen atoms in total. The Kier molecular flexibility index (Phi) is 3.44. The van der Waals surface area contributed by atoms with E-state index < -0.39 is 0 Å². The molecule has 0 unspecified atom stereocenters. The number of nitrogens with zero attached hydrogens (tertiary/aromatic N) is 1. The fourth-order valence-corrected chi connectivity index (χ4v) is 2.44. The Morgan fingerprint density at radius 3 is 2.85 bits per heavy atom. The lowest BCUT2D eigenvalue weighted by atomic mass is 10.1. The number of hydrogen-bond acceptors (Lipinski definition) is 3. The second-order valence-electron chi connectivity index (χ2n) is 4.84. The summed E-state index contributed by atoms with van der Waals surface area (Å²) in [5, 5.41) is 0.936. The Balaban J connectivity index is 1.89. The van der Waals surface area contributed by atoms with Crippen molar-refractivity contribution in [1.82, 2.24) is 9.88 Å². The van der Waals surface area contributed by atoms with Gasteiger partial charge in [-0.3, -0.25) is 4.79 Å². The van der Waals surface area contributed by atoms with Gasteiger partial charge >= 0.3 is 0 Å². The minimum atomic E-state index is -0.133. The van der Waals surface area contributed by atoms with Gasteiger partial charge in [0.15, 0.2) is 0 Å². The van der Waals surface area contributed by atoms with Gasteiger partial charge in [-0.2, -0.15) is 0 Å². The molecule has 1 fully saturated rings. The topological polar surface area (TPSA) is 45.3 Å². The van der Waals surface area contributed by atoms with E-state index in [-0.39, 0.29) is 5.78 Å². The van der Waals surface area contributed by atoms with Crippen LogP contribution in [0.5, 0.6) is 0 Å². The van der Waals surface area contributed by atoms with E-state index in [2.05, 4.69) is 16.9 Å². The van der Waals surface area contributed by atoms with Crippen LogP contribution in [0.3, 0.4) is 0 Å². The maximum Gasteiger partial charge on any atom is 0.240 e. The number of Topliss-reactive ketones (excluding diaryl/α,β-unsaturated/α-hetero) is 1. The number of aryl methyl sites for hydroxylation is 1. The third-order valence-electron chi connectivity index (χ3n) is 3.46. The Bertz CT molecular complexity index is 700. The van der Waals surface area contributed by atoms with Crippen molar-refractivity contribution in [3.8, 4) is 12.0 Å². The number of ketones is 1. The molecule has 0 amide bonds. The Hall–Kier alpha value is -2.25. The molecule has 2 aromatic rings. The number of hydrogen-bond donors (Lipinski definition) is 1. The molecule has 1 saturated heterocycles. The van der Waals surface area contributed by atoms with Gasteiger partial charge < -0.3 is 14.6 Å². The normalized spacial score (nSPS) is 14.9. The number of fused-ring (bicyclic) bond motifs is 1. The highest BCUT2D eigenvalue weighted by Gasteiger charge is 2.14. The number of morpholine rings is 1.